The van der Waals surface area contributed by atoms with Gasteiger partial charge in [0.25, 0.3) is 0 Å². The van der Waals surface area contributed by atoms with E-state index in [0.29, 0.717) is 11.5 Å². The summed E-state index contributed by atoms with van der Waals surface area (Å²) < 4.78 is 0. The van der Waals surface area contributed by atoms with Gasteiger partial charge in [-0.15, -0.1) is 0 Å². The van der Waals surface area contributed by atoms with Crippen molar-refractivity contribution in [2.45, 2.75) is 39.7 Å². The fourth-order valence-electron chi connectivity index (χ4n) is 2.57. The van der Waals surface area contributed by atoms with E-state index in [1.165, 1.54) is 18.4 Å². The van der Waals surface area contributed by atoms with Crippen molar-refractivity contribution in [3.63, 3.8) is 0 Å². The zero-order valence-corrected chi connectivity index (χ0v) is 11.7. The standard InChI is InChI=1S/C15H22ClN/c1-4-8-17-14(13-10-15(13,2)3)11-6-5-7-12(16)9-11/h5-7,9,13-14,17H,4,8,10H2,1-3H3. The van der Waals surface area contributed by atoms with Crippen LogP contribution in [-0.4, -0.2) is 6.54 Å². The van der Waals surface area contributed by atoms with Crippen LogP contribution in [0.1, 0.15) is 45.2 Å². The van der Waals surface area contributed by atoms with E-state index in [1.54, 1.807) is 0 Å². The average molecular weight is 252 g/mol. The van der Waals surface area contributed by atoms with Crippen LogP contribution in [0.3, 0.4) is 0 Å². The Morgan fingerprint density at radius 2 is 2.18 bits per heavy atom. The molecule has 1 aliphatic rings. The van der Waals surface area contributed by atoms with Gasteiger partial charge in [-0.3, -0.25) is 0 Å². The molecule has 0 radical (unpaired) electrons. The second-order valence-electron chi connectivity index (χ2n) is 5.79. The van der Waals surface area contributed by atoms with Gasteiger partial charge < -0.3 is 5.32 Å². The average Bonchev–Trinajstić information content (AvgIpc) is 2.88. The van der Waals surface area contributed by atoms with E-state index in [0.717, 1.165) is 17.5 Å². The van der Waals surface area contributed by atoms with Crippen molar-refractivity contribution >= 4 is 11.6 Å². The Hall–Kier alpha value is -0.530. The molecule has 1 N–H and O–H groups in total. The second kappa shape index (κ2) is 4.99. The van der Waals surface area contributed by atoms with Crippen molar-refractivity contribution in [3.05, 3.63) is 34.9 Å². The maximum absolute atomic E-state index is 6.09. The van der Waals surface area contributed by atoms with Crippen LogP contribution in [0, 0.1) is 11.3 Å². The lowest BCUT2D eigenvalue weighted by Gasteiger charge is -2.21. The summed E-state index contributed by atoms with van der Waals surface area (Å²) in [6, 6.07) is 8.74. The highest BCUT2D eigenvalue weighted by Gasteiger charge is 2.50. The Bertz CT molecular complexity index is 386. The maximum Gasteiger partial charge on any atom is 0.0409 e. The number of hydrogen-bond donors (Lipinski definition) is 1. The molecule has 1 aromatic rings. The Morgan fingerprint density at radius 3 is 2.71 bits per heavy atom. The first kappa shape index (κ1) is 12.9. The number of nitrogens with one attached hydrogen (secondary N) is 1. The van der Waals surface area contributed by atoms with Crippen LogP contribution in [0.2, 0.25) is 5.02 Å². The molecule has 1 saturated carbocycles. The highest BCUT2D eigenvalue weighted by molar-refractivity contribution is 6.30. The molecule has 1 fully saturated rings. The third-order valence-corrected chi connectivity index (χ3v) is 4.05. The molecule has 0 heterocycles. The van der Waals surface area contributed by atoms with Crippen LogP contribution in [0.25, 0.3) is 0 Å². The summed E-state index contributed by atoms with van der Waals surface area (Å²) in [5.41, 5.74) is 1.81. The largest absolute Gasteiger partial charge is 0.310 e. The summed E-state index contributed by atoms with van der Waals surface area (Å²) in [6.07, 6.45) is 2.48. The summed E-state index contributed by atoms with van der Waals surface area (Å²) in [4.78, 5) is 0. The van der Waals surface area contributed by atoms with Gasteiger partial charge in [0.1, 0.15) is 0 Å². The van der Waals surface area contributed by atoms with Gasteiger partial charge in [0.05, 0.1) is 0 Å². The van der Waals surface area contributed by atoms with E-state index in [4.69, 9.17) is 11.6 Å². The van der Waals surface area contributed by atoms with E-state index in [2.05, 4.69) is 38.2 Å². The first-order chi connectivity index (χ1) is 8.04. The Balaban J connectivity index is 2.16. The van der Waals surface area contributed by atoms with Gasteiger partial charge >= 0.3 is 0 Å². The first-order valence-electron chi connectivity index (χ1n) is 6.53. The number of benzene rings is 1. The molecule has 2 rings (SSSR count). The topological polar surface area (TPSA) is 12.0 Å². The van der Waals surface area contributed by atoms with Gasteiger partial charge in [-0.25, -0.2) is 0 Å². The molecule has 0 spiro atoms. The van der Waals surface area contributed by atoms with Gasteiger partial charge in [-0.2, -0.15) is 0 Å². The molecule has 1 nitrogen and oxygen atoms in total. The van der Waals surface area contributed by atoms with Crippen LogP contribution >= 0.6 is 11.6 Å². The van der Waals surface area contributed by atoms with Crippen molar-refractivity contribution in [1.82, 2.24) is 5.32 Å². The fraction of sp³-hybridized carbons (Fsp3) is 0.600. The van der Waals surface area contributed by atoms with Crippen molar-refractivity contribution in [3.8, 4) is 0 Å². The van der Waals surface area contributed by atoms with Gasteiger partial charge in [0.15, 0.2) is 0 Å². The minimum absolute atomic E-state index is 0.462. The molecule has 0 aromatic heterocycles. The van der Waals surface area contributed by atoms with Crippen molar-refractivity contribution in [1.29, 1.82) is 0 Å². The van der Waals surface area contributed by atoms with E-state index in [1.807, 2.05) is 12.1 Å². The van der Waals surface area contributed by atoms with Crippen molar-refractivity contribution < 1.29 is 0 Å². The zero-order chi connectivity index (χ0) is 12.5. The normalized spacial score (nSPS) is 23.4. The molecule has 2 atom stereocenters. The number of halogens is 1. The van der Waals surface area contributed by atoms with Crippen LogP contribution in [-0.2, 0) is 0 Å². The molecule has 0 aliphatic heterocycles. The van der Waals surface area contributed by atoms with E-state index >= 15 is 0 Å². The number of rotatable bonds is 5. The monoisotopic (exact) mass is 251 g/mol. The Kier molecular flexibility index (Phi) is 3.79. The summed E-state index contributed by atoms with van der Waals surface area (Å²) >= 11 is 6.09. The van der Waals surface area contributed by atoms with Crippen LogP contribution in [0.15, 0.2) is 24.3 Å². The molecular formula is C15H22ClN. The lowest BCUT2D eigenvalue weighted by Crippen LogP contribution is -2.25. The van der Waals surface area contributed by atoms with E-state index in [9.17, 15) is 0 Å². The Morgan fingerprint density at radius 1 is 1.47 bits per heavy atom. The maximum atomic E-state index is 6.09. The summed E-state index contributed by atoms with van der Waals surface area (Å²) in [7, 11) is 0. The highest BCUT2D eigenvalue weighted by atomic mass is 35.5. The fourth-order valence-corrected chi connectivity index (χ4v) is 2.77. The smallest absolute Gasteiger partial charge is 0.0409 e. The van der Waals surface area contributed by atoms with Gasteiger partial charge in [0, 0.05) is 11.1 Å². The summed E-state index contributed by atoms with van der Waals surface area (Å²) in [6.45, 7) is 7.98. The summed E-state index contributed by atoms with van der Waals surface area (Å²) in [5, 5.41) is 4.51. The summed E-state index contributed by atoms with van der Waals surface area (Å²) in [5.74, 6) is 0.743. The third-order valence-electron chi connectivity index (χ3n) is 3.81. The molecule has 1 aliphatic carbocycles. The molecule has 2 unspecified atom stereocenters. The van der Waals surface area contributed by atoms with Gasteiger partial charge in [-0.05, 0) is 48.4 Å². The second-order valence-corrected chi connectivity index (χ2v) is 6.22. The molecule has 17 heavy (non-hydrogen) atoms. The molecule has 0 bridgehead atoms. The minimum Gasteiger partial charge on any atom is -0.310 e. The van der Waals surface area contributed by atoms with Crippen molar-refractivity contribution in [2.75, 3.05) is 6.54 Å². The van der Waals surface area contributed by atoms with Gasteiger partial charge in [0.2, 0.25) is 0 Å². The van der Waals surface area contributed by atoms with Crippen LogP contribution in [0.4, 0.5) is 0 Å². The molecule has 2 heteroatoms. The highest BCUT2D eigenvalue weighted by Crippen LogP contribution is 2.57. The quantitative estimate of drug-likeness (QED) is 0.817. The zero-order valence-electron chi connectivity index (χ0n) is 11.0. The SMILES string of the molecule is CCCNC(c1cccc(Cl)c1)C1CC1(C)C. The van der Waals surface area contributed by atoms with E-state index in [-0.39, 0.29) is 0 Å². The van der Waals surface area contributed by atoms with E-state index < -0.39 is 0 Å². The molecule has 1 aromatic carbocycles. The third kappa shape index (κ3) is 3.02. The lowest BCUT2D eigenvalue weighted by atomic mass is 9.97. The Labute approximate surface area is 110 Å². The lowest BCUT2D eigenvalue weighted by molar-refractivity contribution is 0.416. The minimum atomic E-state index is 0.462. The number of hydrogen-bond acceptors (Lipinski definition) is 1. The molecule has 0 saturated heterocycles. The molecule has 0 amide bonds. The van der Waals surface area contributed by atoms with Crippen LogP contribution in [0.5, 0.6) is 0 Å². The first-order valence-corrected chi connectivity index (χ1v) is 6.91. The van der Waals surface area contributed by atoms with Crippen LogP contribution < -0.4 is 5.32 Å². The predicted molar refractivity (Wildman–Crippen MR) is 74.4 cm³/mol. The van der Waals surface area contributed by atoms with Crippen molar-refractivity contribution in [2.24, 2.45) is 11.3 Å². The van der Waals surface area contributed by atoms with Gasteiger partial charge in [-0.1, -0.05) is 44.5 Å². The predicted octanol–water partition coefficient (Wildman–Crippen LogP) is 4.43. The molecular weight excluding hydrogens is 230 g/mol. The molecule has 94 valence electrons.